The van der Waals surface area contributed by atoms with E-state index in [0.29, 0.717) is 6.61 Å². The lowest BCUT2D eigenvalue weighted by atomic mass is 9.91. The van der Waals surface area contributed by atoms with Crippen molar-refractivity contribution in [2.75, 3.05) is 26.2 Å². The van der Waals surface area contributed by atoms with Gasteiger partial charge in [-0.25, -0.2) is 4.39 Å². The number of ether oxygens (including phenoxy) is 1. The Bertz CT molecular complexity index is 903. The van der Waals surface area contributed by atoms with Crippen LogP contribution in [0.2, 0.25) is 0 Å². The van der Waals surface area contributed by atoms with Gasteiger partial charge in [0, 0.05) is 37.0 Å². The predicted molar refractivity (Wildman–Crippen MR) is 108 cm³/mol. The predicted octanol–water partition coefficient (Wildman–Crippen LogP) is 4.54. The van der Waals surface area contributed by atoms with Crippen LogP contribution < -0.4 is 4.74 Å². The van der Waals surface area contributed by atoms with Crippen molar-refractivity contribution >= 4 is 0 Å². The summed E-state index contributed by atoms with van der Waals surface area (Å²) in [5.74, 6) is 0.938. The molecule has 1 atom stereocenters. The summed E-state index contributed by atoms with van der Waals surface area (Å²) in [6.07, 6.45) is 5.58. The molecule has 0 radical (unpaired) electrons. The Balaban J connectivity index is 1.43. The van der Waals surface area contributed by atoms with Crippen molar-refractivity contribution in [2.24, 2.45) is 0 Å². The van der Waals surface area contributed by atoms with Crippen molar-refractivity contribution in [3.8, 4) is 17.0 Å². The molecule has 1 aliphatic heterocycles. The molecule has 0 aliphatic carbocycles. The Hall–Kier alpha value is -2.79. The molecule has 4 rings (SSSR count). The van der Waals surface area contributed by atoms with E-state index in [2.05, 4.69) is 14.9 Å². The third kappa shape index (κ3) is 4.54. The number of halogens is 1. The van der Waals surface area contributed by atoms with Crippen molar-refractivity contribution in [3.63, 3.8) is 0 Å². The smallest absolute Gasteiger partial charge is 0.123 e. The molecule has 0 bridgehead atoms. The minimum absolute atomic E-state index is 0.252. The van der Waals surface area contributed by atoms with E-state index in [-0.39, 0.29) is 11.7 Å². The van der Waals surface area contributed by atoms with Gasteiger partial charge in [0.15, 0.2) is 0 Å². The van der Waals surface area contributed by atoms with Gasteiger partial charge in [-0.05, 0) is 43.7 Å². The number of benzene rings is 2. The zero-order valence-corrected chi connectivity index (χ0v) is 15.8. The molecule has 28 heavy (non-hydrogen) atoms. The van der Waals surface area contributed by atoms with Gasteiger partial charge in [0.25, 0.3) is 0 Å². The Morgan fingerprint density at radius 3 is 2.75 bits per heavy atom. The van der Waals surface area contributed by atoms with Crippen LogP contribution in [0.3, 0.4) is 0 Å². The number of rotatable bonds is 6. The summed E-state index contributed by atoms with van der Waals surface area (Å²) in [5.41, 5.74) is 2.53. The maximum atomic E-state index is 13.7. The Morgan fingerprint density at radius 1 is 1.04 bits per heavy atom. The maximum absolute atomic E-state index is 13.7. The van der Waals surface area contributed by atoms with E-state index in [1.165, 1.54) is 12.1 Å². The summed E-state index contributed by atoms with van der Waals surface area (Å²) in [6.45, 7) is 3.51. The molecule has 2 aromatic carbocycles. The van der Waals surface area contributed by atoms with E-state index in [0.717, 1.165) is 55.2 Å². The fourth-order valence-corrected chi connectivity index (χ4v) is 3.80. The van der Waals surface area contributed by atoms with Crippen LogP contribution >= 0.6 is 0 Å². The molecule has 1 aliphatic rings. The molecule has 1 saturated heterocycles. The van der Waals surface area contributed by atoms with E-state index in [1.807, 2.05) is 36.4 Å². The summed E-state index contributed by atoms with van der Waals surface area (Å²) < 4.78 is 19.5. The first-order valence-corrected chi connectivity index (χ1v) is 9.76. The van der Waals surface area contributed by atoms with Gasteiger partial charge < -0.3 is 4.74 Å². The lowest BCUT2D eigenvalue weighted by Gasteiger charge is -2.32. The molecule has 0 spiro atoms. The molecule has 0 N–H and O–H groups in total. The number of nitrogens with zero attached hydrogens (tertiary/aromatic N) is 3. The topological polar surface area (TPSA) is 38.2 Å². The first kappa shape index (κ1) is 18.6. The first-order chi connectivity index (χ1) is 13.8. The van der Waals surface area contributed by atoms with Crippen molar-refractivity contribution in [3.05, 3.63) is 78.5 Å². The maximum Gasteiger partial charge on any atom is 0.123 e. The number of aromatic nitrogens is 2. The van der Waals surface area contributed by atoms with Gasteiger partial charge in [0.2, 0.25) is 0 Å². The summed E-state index contributed by atoms with van der Waals surface area (Å²) in [6, 6.07) is 16.5. The average Bonchev–Trinajstić information content (AvgIpc) is 2.75. The van der Waals surface area contributed by atoms with Crippen LogP contribution in [0.5, 0.6) is 5.75 Å². The van der Waals surface area contributed by atoms with E-state index in [4.69, 9.17) is 4.74 Å². The van der Waals surface area contributed by atoms with Gasteiger partial charge in [-0.1, -0.05) is 30.3 Å². The normalized spacial score (nSPS) is 17.4. The van der Waals surface area contributed by atoms with Gasteiger partial charge >= 0.3 is 0 Å². The second kappa shape index (κ2) is 8.93. The molecule has 1 aromatic heterocycles. The monoisotopic (exact) mass is 377 g/mol. The van der Waals surface area contributed by atoms with Gasteiger partial charge in [-0.2, -0.15) is 0 Å². The van der Waals surface area contributed by atoms with Gasteiger partial charge in [-0.3, -0.25) is 14.9 Å². The molecular weight excluding hydrogens is 353 g/mol. The largest absolute Gasteiger partial charge is 0.492 e. The minimum atomic E-state index is -0.252. The highest BCUT2D eigenvalue weighted by Crippen LogP contribution is 2.31. The lowest BCUT2D eigenvalue weighted by Crippen LogP contribution is -2.37. The van der Waals surface area contributed by atoms with Crippen LogP contribution in [0.1, 0.15) is 24.5 Å². The number of piperidine rings is 1. The number of hydrogen-bond donors (Lipinski definition) is 0. The average molecular weight is 377 g/mol. The number of para-hydroxylation sites is 1. The third-order valence-electron chi connectivity index (χ3n) is 5.14. The third-order valence-corrected chi connectivity index (χ3v) is 5.14. The lowest BCUT2D eigenvalue weighted by molar-refractivity contribution is 0.169. The van der Waals surface area contributed by atoms with Crippen LogP contribution in [0, 0.1) is 5.82 Å². The SMILES string of the molecule is Fc1cccc(-c2nccnc2[C@H]2CCCN(CCOc3ccccc3)C2)c1. The fraction of sp³-hybridized carbons (Fsp3) is 0.304. The van der Waals surface area contributed by atoms with Gasteiger partial charge in [0.05, 0.1) is 11.4 Å². The van der Waals surface area contributed by atoms with E-state index in [1.54, 1.807) is 18.5 Å². The minimum Gasteiger partial charge on any atom is -0.492 e. The zero-order chi connectivity index (χ0) is 19.2. The van der Waals surface area contributed by atoms with Crippen LogP contribution in [-0.2, 0) is 0 Å². The zero-order valence-electron chi connectivity index (χ0n) is 15.8. The molecule has 1 fully saturated rings. The van der Waals surface area contributed by atoms with Crippen molar-refractivity contribution in [1.82, 2.24) is 14.9 Å². The summed E-state index contributed by atoms with van der Waals surface area (Å²) in [4.78, 5) is 11.6. The summed E-state index contributed by atoms with van der Waals surface area (Å²) in [7, 11) is 0. The second-order valence-corrected chi connectivity index (χ2v) is 7.10. The van der Waals surface area contributed by atoms with Crippen LogP contribution in [0.15, 0.2) is 67.0 Å². The Labute approximate surface area is 165 Å². The molecule has 144 valence electrons. The second-order valence-electron chi connectivity index (χ2n) is 7.10. The van der Waals surface area contributed by atoms with Crippen molar-refractivity contribution in [1.29, 1.82) is 0 Å². The highest BCUT2D eigenvalue weighted by molar-refractivity contribution is 5.62. The summed E-state index contributed by atoms with van der Waals surface area (Å²) >= 11 is 0. The van der Waals surface area contributed by atoms with Gasteiger partial charge in [0.1, 0.15) is 18.2 Å². The van der Waals surface area contributed by atoms with Crippen molar-refractivity contribution in [2.45, 2.75) is 18.8 Å². The molecule has 0 unspecified atom stereocenters. The molecule has 0 saturated carbocycles. The standard InChI is InChI=1S/C23H24FN3O/c24-20-8-4-6-18(16-20)22-23(26-12-11-25-22)19-7-5-13-27(17-19)14-15-28-21-9-2-1-3-10-21/h1-4,6,8-12,16,19H,5,7,13-15,17H2/t19-/m0/s1. The molecule has 5 heteroatoms. The molecule has 2 heterocycles. The van der Waals surface area contributed by atoms with E-state index in [9.17, 15) is 4.39 Å². The van der Waals surface area contributed by atoms with Gasteiger partial charge in [-0.15, -0.1) is 0 Å². The Kier molecular flexibility index (Phi) is 5.92. The van der Waals surface area contributed by atoms with Crippen LogP contribution in [0.4, 0.5) is 4.39 Å². The van der Waals surface area contributed by atoms with E-state index >= 15 is 0 Å². The van der Waals surface area contributed by atoms with Crippen molar-refractivity contribution < 1.29 is 9.13 Å². The fourth-order valence-electron chi connectivity index (χ4n) is 3.80. The van der Waals surface area contributed by atoms with Crippen LogP contribution in [0.25, 0.3) is 11.3 Å². The quantitative estimate of drug-likeness (QED) is 0.632. The number of likely N-dealkylation sites (tertiary alicyclic amines) is 1. The molecule has 0 amide bonds. The molecule has 3 aromatic rings. The highest BCUT2D eigenvalue weighted by atomic mass is 19.1. The summed E-state index contributed by atoms with van der Waals surface area (Å²) in [5, 5.41) is 0. The van der Waals surface area contributed by atoms with E-state index < -0.39 is 0 Å². The Morgan fingerprint density at radius 2 is 1.89 bits per heavy atom. The number of hydrogen-bond acceptors (Lipinski definition) is 4. The molecular formula is C23H24FN3O. The first-order valence-electron chi connectivity index (χ1n) is 9.76. The van der Waals surface area contributed by atoms with Crippen LogP contribution in [-0.4, -0.2) is 41.1 Å². The highest BCUT2D eigenvalue weighted by Gasteiger charge is 2.25. The molecule has 4 nitrogen and oxygen atoms in total.